The molecule has 38 heavy (non-hydrogen) atoms. The number of hydrogen-bond acceptors (Lipinski definition) is 8. The maximum absolute atomic E-state index is 13.6. The molecule has 1 aliphatic heterocycles. The number of nitrogens with zero attached hydrogens (tertiary/aromatic N) is 5. The molecule has 0 aliphatic carbocycles. The summed E-state index contributed by atoms with van der Waals surface area (Å²) in [6, 6.07) is 7.24. The summed E-state index contributed by atoms with van der Waals surface area (Å²) in [6.07, 6.45) is 2.68. The first-order chi connectivity index (χ1) is 18.3. The van der Waals surface area contributed by atoms with Gasteiger partial charge in [-0.3, -0.25) is 19.1 Å². The lowest BCUT2D eigenvalue weighted by molar-refractivity contribution is -0.132. The van der Waals surface area contributed by atoms with Crippen LogP contribution in [0.3, 0.4) is 0 Å². The number of anilines is 1. The van der Waals surface area contributed by atoms with E-state index in [1.807, 2.05) is 30.8 Å². The highest BCUT2D eigenvalue weighted by molar-refractivity contribution is 6.29. The van der Waals surface area contributed by atoms with E-state index in [9.17, 15) is 9.59 Å². The fourth-order valence-corrected chi connectivity index (χ4v) is 5.22. The van der Waals surface area contributed by atoms with Crippen molar-refractivity contribution in [2.24, 2.45) is 12.0 Å². The lowest BCUT2D eigenvalue weighted by atomic mass is 9.95. The van der Waals surface area contributed by atoms with E-state index < -0.39 is 0 Å². The van der Waals surface area contributed by atoms with Crippen molar-refractivity contribution in [3.05, 3.63) is 62.8 Å². The number of nitrogens with one attached hydrogen (secondary N) is 2. The van der Waals surface area contributed by atoms with Gasteiger partial charge in [0.05, 0.1) is 24.5 Å². The predicted molar refractivity (Wildman–Crippen MR) is 146 cm³/mol. The molecule has 11 nitrogen and oxygen atoms in total. The smallest absolute Gasteiger partial charge is 0.320 e. The van der Waals surface area contributed by atoms with E-state index in [1.54, 1.807) is 30.8 Å². The number of ether oxygens (including phenoxy) is 1. The predicted octanol–water partition coefficient (Wildman–Crippen LogP) is 3.43. The first-order valence-electron chi connectivity index (χ1n) is 12.2. The molecule has 5 rings (SSSR count). The Kier molecular flexibility index (Phi) is 7.04. The number of rotatable bonds is 7. The van der Waals surface area contributed by atoms with Crippen molar-refractivity contribution in [1.29, 1.82) is 0 Å². The zero-order valence-electron chi connectivity index (χ0n) is 21.5. The molecule has 1 fully saturated rings. The van der Waals surface area contributed by atoms with Crippen LogP contribution < -0.4 is 16.4 Å². The van der Waals surface area contributed by atoms with Crippen molar-refractivity contribution in [3.8, 4) is 0 Å². The van der Waals surface area contributed by atoms with E-state index in [0.29, 0.717) is 30.0 Å². The summed E-state index contributed by atoms with van der Waals surface area (Å²) in [7, 11) is 3.33. The Balaban J connectivity index is 1.66. The van der Waals surface area contributed by atoms with E-state index in [1.165, 1.54) is 0 Å². The first kappa shape index (κ1) is 25.7. The fourth-order valence-electron chi connectivity index (χ4n) is 5.07. The molecule has 1 aromatic carbocycles. The molecule has 0 radical (unpaired) electrons. The number of fused-ring (bicyclic) bond motifs is 3. The Hall–Kier alpha value is -3.96. The summed E-state index contributed by atoms with van der Waals surface area (Å²) >= 11 is 6.17. The van der Waals surface area contributed by atoms with E-state index in [2.05, 4.69) is 36.8 Å². The molecule has 0 bridgehead atoms. The molecular weight excluding hydrogens is 510 g/mol. The second-order valence-corrected chi connectivity index (χ2v) is 9.66. The van der Waals surface area contributed by atoms with Gasteiger partial charge in [-0.05, 0) is 49.6 Å². The van der Waals surface area contributed by atoms with E-state index in [4.69, 9.17) is 16.3 Å². The van der Waals surface area contributed by atoms with Gasteiger partial charge in [-0.1, -0.05) is 17.7 Å². The maximum atomic E-state index is 13.6. The number of amidine groups is 1. The number of benzene rings is 1. The van der Waals surface area contributed by atoms with E-state index >= 15 is 0 Å². The van der Waals surface area contributed by atoms with Crippen LogP contribution in [0.5, 0.6) is 0 Å². The normalized spacial score (nSPS) is 16.7. The maximum Gasteiger partial charge on any atom is 0.320 e. The van der Waals surface area contributed by atoms with Crippen LogP contribution >= 0.6 is 11.6 Å². The summed E-state index contributed by atoms with van der Waals surface area (Å²) in [4.78, 5) is 37.5. The van der Waals surface area contributed by atoms with E-state index in [0.717, 1.165) is 34.0 Å². The molecule has 198 valence electrons. The van der Waals surface area contributed by atoms with Crippen molar-refractivity contribution in [3.63, 3.8) is 0 Å². The number of pyridine rings is 2. The molecular formula is C26H28ClN7O4. The summed E-state index contributed by atoms with van der Waals surface area (Å²) < 4.78 is 9.17. The van der Waals surface area contributed by atoms with Gasteiger partial charge in [0.1, 0.15) is 16.5 Å². The number of aromatic nitrogens is 4. The van der Waals surface area contributed by atoms with Gasteiger partial charge in [-0.2, -0.15) is 10.6 Å². The third kappa shape index (κ3) is 4.48. The van der Waals surface area contributed by atoms with E-state index in [-0.39, 0.29) is 35.1 Å². The summed E-state index contributed by atoms with van der Waals surface area (Å²) in [6.45, 7) is 5.47. The van der Waals surface area contributed by atoms with Gasteiger partial charge in [0.15, 0.2) is 5.84 Å². The minimum atomic E-state index is -0.266. The van der Waals surface area contributed by atoms with Crippen molar-refractivity contribution < 1.29 is 14.4 Å². The van der Waals surface area contributed by atoms with Gasteiger partial charge < -0.3 is 14.9 Å². The molecule has 2 atom stereocenters. The molecule has 4 heterocycles. The Bertz CT molecular complexity index is 1620. The lowest BCUT2D eigenvalue weighted by Gasteiger charge is -2.22. The number of hydrogen-bond donors (Lipinski definition) is 2. The molecule has 1 saturated heterocycles. The highest BCUT2D eigenvalue weighted by Crippen LogP contribution is 2.34. The van der Waals surface area contributed by atoms with Crippen LogP contribution in [0.1, 0.15) is 42.2 Å². The average Bonchev–Trinajstić information content (AvgIpc) is 3.59. The van der Waals surface area contributed by atoms with Gasteiger partial charge in [0, 0.05) is 42.9 Å². The van der Waals surface area contributed by atoms with Crippen molar-refractivity contribution in [2.75, 3.05) is 25.6 Å². The molecule has 4 aromatic rings. The molecule has 1 aliphatic rings. The molecule has 0 saturated carbocycles. The average molecular weight is 538 g/mol. The Morgan fingerprint density at radius 2 is 2.16 bits per heavy atom. The Morgan fingerprint density at radius 3 is 2.87 bits per heavy atom. The fraction of sp³-hybridized carbons (Fsp3) is 0.346. The highest BCUT2D eigenvalue weighted by Gasteiger charge is 2.25. The van der Waals surface area contributed by atoms with Crippen LogP contribution in [0, 0.1) is 6.92 Å². The molecule has 0 amide bonds. The molecule has 0 spiro atoms. The van der Waals surface area contributed by atoms with Crippen LogP contribution in [0.4, 0.5) is 5.69 Å². The monoisotopic (exact) mass is 537 g/mol. The minimum Gasteiger partial charge on any atom is -0.379 e. The molecule has 2 N–H and O–H groups in total. The van der Waals surface area contributed by atoms with Crippen LogP contribution in [0.25, 0.3) is 21.8 Å². The van der Waals surface area contributed by atoms with Gasteiger partial charge >= 0.3 is 6.47 Å². The number of carbonyl (C=O) groups is 1. The van der Waals surface area contributed by atoms with Gasteiger partial charge in [0.2, 0.25) is 0 Å². The van der Waals surface area contributed by atoms with Crippen LogP contribution in [-0.4, -0.2) is 51.9 Å². The zero-order chi connectivity index (χ0) is 27.0. The zero-order valence-corrected chi connectivity index (χ0v) is 22.2. The second-order valence-electron chi connectivity index (χ2n) is 9.27. The SMILES string of the molecule is CN=C(NOC=O)c1nc(Cl)ccc1NC(C)c1cc(C)cc2c(=O)n(C)c3c(cnn3C3CCOC3)c12. The topological polar surface area (TPSA) is 125 Å². The number of carbonyl (C=O) groups excluding carboxylic acids is 1. The lowest BCUT2D eigenvalue weighted by Crippen LogP contribution is -2.27. The Morgan fingerprint density at radius 1 is 1.34 bits per heavy atom. The highest BCUT2D eigenvalue weighted by atomic mass is 35.5. The molecule has 3 aromatic heterocycles. The van der Waals surface area contributed by atoms with Crippen molar-refractivity contribution in [1.82, 2.24) is 24.8 Å². The van der Waals surface area contributed by atoms with Crippen molar-refractivity contribution >= 4 is 51.4 Å². The third-order valence-corrected chi connectivity index (χ3v) is 7.02. The summed E-state index contributed by atoms with van der Waals surface area (Å²) in [5.74, 6) is 0.222. The van der Waals surface area contributed by atoms with Crippen molar-refractivity contribution in [2.45, 2.75) is 32.4 Å². The van der Waals surface area contributed by atoms with Gasteiger partial charge in [-0.15, -0.1) is 0 Å². The quantitative estimate of drug-likeness (QED) is 0.121. The summed E-state index contributed by atoms with van der Waals surface area (Å²) in [5.41, 5.74) is 6.03. The number of aryl methyl sites for hydroxylation is 2. The number of hydroxylamine groups is 1. The largest absolute Gasteiger partial charge is 0.379 e. The second kappa shape index (κ2) is 10.4. The minimum absolute atomic E-state index is 0.0792. The standard InChI is InChI=1S/C26H28ClN7O4/c1-14-9-17(15(2)30-20-5-6-21(27)31-23(20)24(28-3)32-38-13-35)22-18(10-14)26(36)33(4)25-19(22)11-29-34(25)16-7-8-37-12-16/h5-6,9-11,13,15-16,30H,7-8,12H2,1-4H3,(H,28,32). The molecule has 12 heteroatoms. The number of halogens is 1. The third-order valence-electron chi connectivity index (χ3n) is 6.81. The van der Waals surface area contributed by atoms with Gasteiger partial charge in [-0.25, -0.2) is 9.67 Å². The summed E-state index contributed by atoms with van der Waals surface area (Å²) in [5, 5.41) is 10.8. The van der Waals surface area contributed by atoms with Gasteiger partial charge in [0.25, 0.3) is 5.56 Å². The van der Waals surface area contributed by atoms with Crippen LogP contribution in [-0.2, 0) is 21.4 Å². The van der Waals surface area contributed by atoms with Crippen LogP contribution in [0.15, 0.2) is 40.2 Å². The first-order valence-corrected chi connectivity index (χ1v) is 12.6. The van der Waals surface area contributed by atoms with Crippen LogP contribution in [0.2, 0.25) is 5.15 Å². The number of aliphatic imine (C=N–C) groups is 1. The molecule has 2 unspecified atom stereocenters. The Labute approximate surface area is 223 Å².